The van der Waals surface area contributed by atoms with Crippen LogP contribution in [0.2, 0.25) is 0 Å². The molecule has 5 nitrogen and oxygen atoms in total. The van der Waals surface area contributed by atoms with Crippen LogP contribution in [-0.4, -0.2) is 15.6 Å². The number of hydrogen-bond acceptors (Lipinski definition) is 4. The van der Waals surface area contributed by atoms with E-state index in [1.807, 2.05) is 54.6 Å². The zero-order valence-corrected chi connectivity index (χ0v) is 12.5. The molecule has 1 aromatic heterocycles. The third kappa shape index (κ3) is 3.67. The molecule has 0 radical (unpaired) electrons. The Morgan fingerprint density at radius 3 is 2.50 bits per heavy atom. The van der Waals surface area contributed by atoms with Crippen LogP contribution in [0.5, 0.6) is 0 Å². The van der Waals surface area contributed by atoms with Crippen molar-refractivity contribution in [3.8, 4) is 10.4 Å². The molecule has 0 saturated heterocycles. The molecule has 0 bridgehead atoms. The van der Waals surface area contributed by atoms with E-state index < -0.39 is 0 Å². The number of anilines is 1. The molecule has 0 aliphatic heterocycles. The van der Waals surface area contributed by atoms with E-state index in [9.17, 15) is 4.79 Å². The van der Waals surface area contributed by atoms with Crippen LogP contribution in [0.25, 0.3) is 10.4 Å². The number of carbonyl (C=O) groups is 1. The summed E-state index contributed by atoms with van der Waals surface area (Å²) in [5, 5.41) is 9.44. The number of carbonyl (C=O) groups excluding carboxylic acids is 1. The lowest BCUT2D eigenvalue weighted by Gasteiger charge is -2.08. The van der Waals surface area contributed by atoms with Crippen LogP contribution in [0.15, 0.2) is 60.8 Å². The van der Waals surface area contributed by atoms with E-state index in [4.69, 9.17) is 0 Å². The van der Waals surface area contributed by atoms with Gasteiger partial charge in [-0.25, -0.2) is 4.79 Å². The number of aromatic nitrogens is 2. The summed E-state index contributed by atoms with van der Waals surface area (Å²) in [6, 6.07) is 17.1. The van der Waals surface area contributed by atoms with E-state index in [1.54, 1.807) is 6.20 Å². The van der Waals surface area contributed by atoms with Crippen molar-refractivity contribution in [2.45, 2.75) is 6.54 Å². The summed E-state index contributed by atoms with van der Waals surface area (Å²) in [6.45, 7) is 0.497. The number of nitrogens with zero attached hydrogens (tertiary/aromatic N) is 2. The van der Waals surface area contributed by atoms with Crippen LogP contribution < -0.4 is 10.6 Å². The largest absolute Gasteiger partial charge is 0.334 e. The van der Waals surface area contributed by atoms with Crippen molar-refractivity contribution in [2.75, 3.05) is 5.32 Å². The Morgan fingerprint density at radius 1 is 1.05 bits per heavy atom. The van der Waals surface area contributed by atoms with Gasteiger partial charge in [0.25, 0.3) is 0 Å². The van der Waals surface area contributed by atoms with Crippen LogP contribution in [0.1, 0.15) is 5.56 Å². The molecule has 0 atom stereocenters. The topological polar surface area (TPSA) is 66.9 Å². The van der Waals surface area contributed by atoms with Crippen LogP contribution in [0.4, 0.5) is 10.5 Å². The Balaban J connectivity index is 1.55. The number of rotatable bonds is 4. The van der Waals surface area contributed by atoms with Gasteiger partial charge < -0.3 is 10.6 Å². The molecule has 0 aliphatic carbocycles. The lowest BCUT2D eigenvalue weighted by atomic mass is 10.2. The summed E-state index contributed by atoms with van der Waals surface area (Å²) in [6.07, 6.45) is 1.72. The summed E-state index contributed by atoms with van der Waals surface area (Å²) in [5.74, 6) is 0. The number of benzene rings is 2. The minimum Gasteiger partial charge on any atom is -0.334 e. The van der Waals surface area contributed by atoms with Gasteiger partial charge in [-0.3, -0.25) is 0 Å². The lowest BCUT2D eigenvalue weighted by molar-refractivity contribution is 0.251. The van der Waals surface area contributed by atoms with Gasteiger partial charge in [0, 0.05) is 12.2 Å². The van der Waals surface area contributed by atoms with Crippen molar-refractivity contribution in [3.63, 3.8) is 0 Å². The first-order valence-corrected chi connectivity index (χ1v) is 7.55. The molecule has 0 unspecified atom stereocenters. The van der Waals surface area contributed by atoms with Crippen molar-refractivity contribution in [1.29, 1.82) is 0 Å². The molecule has 110 valence electrons. The maximum atomic E-state index is 11.9. The lowest BCUT2D eigenvalue weighted by Crippen LogP contribution is -2.28. The molecule has 22 heavy (non-hydrogen) atoms. The Hall–Kier alpha value is -2.73. The molecule has 2 amide bonds. The first-order valence-electron chi connectivity index (χ1n) is 6.78. The third-order valence-corrected chi connectivity index (χ3v) is 3.80. The SMILES string of the molecule is O=C(NCc1ccccc1)Nc1ccc(-c2cnns2)cc1. The average Bonchev–Trinajstić information content (AvgIpc) is 3.09. The number of nitrogens with one attached hydrogen (secondary N) is 2. The third-order valence-electron chi connectivity index (χ3n) is 3.08. The standard InChI is InChI=1S/C16H14N4OS/c21-16(17-10-12-4-2-1-3-5-12)19-14-8-6-13(7-9-14)15-11-18-20-22-15/h1-9,11H,10H2,(H2,17,19,21). The van der Waals surface area contributed by atoms with Crippen LogP contribution in [0, 0.1) is 0 Å². The zero-order valence-electron chi connectivity index (χ0n) is 11.7. The smallest absolute Gasteiger partial charge is 0.319 e. The summed E-state index contributed by atoms with van der Waals surface area (Å²) < 4.78 is 3.83. The molecule has 6 heteroatoms. The van der Waals surface area contributed by atoms with E-state index in [2.05, 4.69) is 20.2 Å². The highest BCUT2D eigenvalue weighted by Crippen LogP contribution is 2.23. The van der Waals surface area contributed by atoms with Crippen molar-refractivity contribution >= 4 is 23.3 Å². The van der Waals surface area contributed by atoms with Crippen molar-refractivity contribution in [3.05, 3.63) is 66.4 Å². The Bertz CT molecular complexity index is 727. The minimum atomic E-state index is -0.226. The predicted octanol–water partition coefficient (Wildman–Crippen LogP) is 3.53. The second kappa shape index (κ2) is 6.82. The molecule has 1 heterocycles. The van der Waals surface area contributed by atoms with Gasteiger partial charge in [-0.15, -0.1) is 5.10 Å². The highest BCUT2D eigenvalue weighted by atomic mass is 32.1. The van der Waals surface area contributed by atoms with E-state index in [1.165, 1.54) is 11.5 Å². The Morgan fingerprint density at radius 2 is 1.82 bits per heavy atom. The van der Waals surface area contributed by atoms with Gasteiger partial charge in [0.2, 0.25) is 0 Å². The fraction of sp³-hybridized carbons (Fsp3) is 0.0625. The molecular weight excluding hydrogens is 296 g/mol. The van der Waals surface area contributed by atoms with Gasteiger partial charge in [-0.05, 0) is 34.8 Å². The van der Waals surface area contributed by atoms with Crippen molar-refractivity contribution in [1.82, 2.24) is 14.9 Å². The fourth-order valence-corrected chi connectivity index (χ4v) is 2.48. The zero-order chi connectivity index (χ0) is 15.2. The maximum absolute atomic E-state index is 11.9. The summed E-state index contributed by atoms with van der Waals surface area (Å²) >= 11 is 1.34. The van der Waals surface area contributed by atoms with Gasteiger partial charge in [0.15, 0.2) is 0 Å². The number of amides is 2. The van der Waals surface area contributed by atoms with Gasteiger partial charge in [-0.2, -0.15) is 0 Å². The van der Waals surface area contributed by atoms with E-state index in [0.717, 1.165) is 21.7 Å². The second-order valence-electron chi connectivity index (χ2n) is 4.65. The van der Waals surface area contributed by atoms with Crippen LogP contribution >= 0.6 is 11.5 Å². The first kappa shape index (κ1) is 14.2. The molecule has 0 saturated carbocycles. The highest BCUT2D eigenvalue weighted by molar-refractivity contribution is 7.09. The van der Waals surface area contributed by atoms with Crippen molar-refractivity contribution in [2.24, 2.45) is 0 Å². The Labute approximate surface area is 132 Å². The van der Waals surface area contributed by atoms with Gasteiger partial charge in [0.05, 0.1) is 11.1 Å². The van der Waals surface area contributed by atoms with Crippen molar-refractivity contribution < 1.29 is 4.79 Å². The quantitative estimate of drug-likeness (QED) is 0.774. The maximum Gasteiger partial charge on any atom is 0.319 e. The monoisotopic (exact) mass is 310 g/mol. The van der Waals surface area contributed by atoms with E-state index >= 15 is 0 Å². The van der Waals surface area contributed by atoms with Gasteiger partial charge in [0.1, 0.15) is 0 Å². The summed E-state index contributed by atoms with van der Waals surface area (Å²) in [5.41, 5.74) is 2.84. The van der Waals surface area contributed by atoms with Gasteiger partial charge in [-0.1, -0.05) is 47.0 Å². The number of hydrogen-bond donors (Lipinski definition) is 2. The molecule has 3 aromatic rings. The van der Waals surface area contributed by atoms with E-state index in [-0.39, 0.29) is 6.03 Å². The predicted molar refractivity (Wildman–Crippen MR) is 87.6 cm³/mol. The molecule has 0 fully saturated rings. The summed E-state index contributed by atoms with van der Waals surface area (Å²) in [4.78, 5) is 12.9. The number of urea groups is 1. The first-order chi connectivity index (χ1) is 10.8. The van der Waals surface area contributed by atoms with E-state index in [0.29, 0.717) is 6.54 Å². The fourth-order valence-electron chi connectivity index (χ4n) is 1.97. The molecule has 2 aromatic carbocycles. The molecular formula is C16H14N4OS. The Kier molecular flexibility index (Phi) is 4.41. The normalized spacial score (nSPS) is 10.2. The molecule has 0 aliphatic rings. The summed E-state index contributed by atoms with van der Waals surface area (Å²) in [7, 11) is 0. The highest BCUT2D eigenvalue weighted by Gasteiger charge is 2.03. The minimum absolute atomic E-state index is 0.226. The average molecular weight is 310 g/mol. The van der Waals surface area contributed by atoms with Crippen LogP contribution in [0.3, 0.4) is 0 Å². The molecule has 2 N–H and O–H groups in total. The second-order valence-corrected chi connectivity index (χ2v) is 5.44. The van der Waals surface area contributed by atoms with Crippen LogP contribution in [-0.2, 0) is 6.54 Å². The molecule has 3 rings (SSSR count). The molecule has 0 spiro atoms. The van der Waals surface area contributed by atoms with Gasteiger partial charge >= 0.3 is 6.03 Å².